The van der Waals surface area contributed by atoms with Gasteiger partial charge in [-0.15, -0.1) is 0 Å². The van der Waals surface area contributed by atoms with Gasteiger partial charge in [0, 0.05) is 37.8 Å². The van der Waals surface area contributed by atoms with E-state index >= 15 is 0 Å². The first-order valence-corrected chi connectivity index (χ1v) is 10.8. The molecule has 1 amide bonds. The molecular formula is C20H19N2O7S-. The van der Waals surface area contributed by atoms with Crippen LogP contribution in [0.5, 0.6) is 11.5 Å². The van der Waals surface area contributed by atoms with Gasteiger partial charge in [-0.25, -0.2) is 8.42 Å². The van der Waals surface area contributed by atoms with Gasteiger partial charge in [0.05, 0.1) is 10.9 Å². The average Bonchev–Trinajstić information content (AvgIpc) is 2.78. The molecule has 1 saturated heterocycles. The number of nitrogens with zero attached hydrogens (tertiary/aromatic N) is 2. The topological polar surface area (TPSA) is 116 Å². The molecule has 2 aromatic carbocycles. The van der Waals surface area contributed by atoms with Crippen LogP contribution in [0.15, 0.2) is 47.4 Å². The monoisotopic (exact) mass is 431 g/mol. The Hall–Kier alpha value is -3.11. The molecule has 1 fully saturated rings. The number of piperazine rings is 1. The number of ether oxygens (including phenoxy) is 2. The summed E-state index contributed by atoms with van der Waals surface area (Å²) in [6.07, 6.45) is 0. The van der Waals surface area contributed by atoms with E-state index in [-0.39, 0.29) is 48.1 Å². The largest absolute Gasteiger partial charge is 0.545 e. The van der Waals surface area contributed by atoms with Crippen molar-refractivity contribution in [1.82, 2.24) is 9.21 Å². The van der Waals surface area contributed by atoms with E-state index in [9.17, 15) is 23.1 Å². The van der Waals surface area contributed by atoms with Crippen LogP contribution in [-0.2, 0) is 10.0 Å². The molecular weight excluding hydrogens is 412 g/mol. The van der Waals surface area contributed by atoms with Crippen LogP contribution < -0.4 is 14.6 Å². The van der Waals surface area contributed by atoms with E-state index in [1.165, 1.54) is 45.6 Å². The minimum atomic E-state index is -3.75. The Balaban J connectivity index is 1.45. The van der Waals surface area contributed by atoms with E-state index in [4.69, 9.17) is 9.47 Å². The van der Waals surface area contributed by atoms with E-state index in [2.05, 4.69) is 0 Å². The highest BCUT2D eigenvalue weighted by atomic mass is 32.2. The molecule has 0 N–H and O–H groups in total. The summed E-state index contributed by atoms with van der Waals surface area (Å²) < 4.78 is 38.2. The van der Waals surface area contributed by atoms with Gasteiger partial charge in [-0.2, -0.15) is 4.31 Å². The summed E-state index contributed by atoms with van der Waals surface area (Å²) in [7, 11) is -3.75. The second-order valence-corrected chi connectivity index (χ2v) is 8.81. The molecule has 4 rings (SSSR count). The molecule has 0 saturated carbocycles. The molecule has 30 heavy (non-hydrogen) atoms. The third-order valence-electron chi connectivity index (χ3n) is 5.02. The number of aromatic carboxylic acids is 1. The molecule has 0 aromatic heterocycles. The molecule has 0 aliphatic carbocycles. The number of hydrogen-bond donors (Lipinski definition) is 0. The summed E-state index contributed by atoms with van der Waals surface area (Å²) in [6, 6.07) is 10.1. The minimum Gasteiger partial charge on any atom is -0.545 e. The Bertz CT molecular complexity index is 1090. The van der Waals surface area contributed by atoms with Gasteiger partial charge in [0.25, 0.3) is 5.91 Å². The highest BCUT2D eigenvalue weighted by Gasteiger charge is 2.31. The number of carbonyl (C=O) groups excluding carboxylic acids is 2. The fourth-order valence-electron chi connectivity index (χ4n) is 3.43. The smallest absolute Gasteiger partial charge is 0.253 e. The van der Waals surface area contributed by atoms with E-state index in [1.807, 2.05) is 0 Å². The highest BCUT2D eigenvalue weighted by molar-refractivity contribution is 7.89. The number of amides is 1. The quantitative estimate of drug-likeness (QED) is 0.667. The lowest BCUT2D eigenvalue weighted by atomic mass is 10.1. The Morgan fingerprint density at radius 1 is 0.867 bits per heavy atom. The lowest BCUT2D eigenvalue weighted by Gasteiger charge is -2.34. The summed E-state index contributed by atoms with van der Waals surface area (Å²) in [5.41, 5.74) is 0.139. The maximum atomic E-state index is 13.0. The zero-order chi connectivity index (χ0) is 21.3. The van der Waals surface area contributed by atoms with Crippen molar-refractivity contribution in [3.63, 3.8) is 0 Å². The third kappa shape index (κ3) is 3.83. The van der Waals surface area contributed by atoms with Crippen LogP contribution in [0, 0.1) is 0 Å². The molecule has 0 atom stereocenters. The second kappa shape index (κ2) is 7.96. The molecule has 2 aliphatic heterocycles. The fraction of sp³-hybridized carbons (Fsp3) is 0.300. The van der Waals surface area contributed by atoms with Gasteiger partial charge < -0.3 is 24.3 Å². The van der Waals surface area contributed by atoms with Gasteiger partial charge in [-0.05, 0) is 29.8 Å². The summed E-state index contributed by atoms with van der Waals surface area (Å²) in [4.78, 5) is 25.3. The highest BCUT2D eigenvalue weighted by Crippen LogP contribution is 2.33. The lowest BCUT2D eigenvalue weighted by Crippen LogP contribution is -2.50. The van der Waals surface area contributed by atoms with Gasteiger partial charge in [-0.3, -0.25) is 4.79 Å². The number of carboxylic acid groups (broad SMARTS) is 1. The number of carboxylic acids is 1. The maximum absolute atomic E-state index is 13.0. The van der Waals surface area contributed by atoms with Crippen LogP contribution >= 0.6 is 0 Å². The summed E-state index contributed by atoms with van der Waals surface area (Å²) in [6.45, 7) is 1.42. The van der Waals surface area contributed by atoms with Crippen LogP contribution in [0.3, 0.4) is 0 Å². The first-order valence-electron chi connectivity index (χ1n) is 9.37. The minimum absolute atomic E-state index is 0.0827. The van der Waals surface area contributed by atoms with Gasteiger partial charge in [0.15, 0.2) is 11.5 Å². The molecule has 0 unspecified atom stereocenters. The maximum Gasteiger partial charge on any atom is 0.253 e. The summed E-state index contributed by atoms with van der Waals surface area (Å²) in [5, 5.41) is 11.0. The van der Waals surface area contributed by atoms with Gasteiger partial charge >= 0.3 is 0 Å². The first-order chi connectivity index (χ1) is 14.4. The SMILES string of the molecule is O=C([O-])c1cccc(C(=O)N2CCN(S(=O)(=O)c3ccc4c(c3)OCCO4)CC2)c1. The van der Waals surface area contributed by atoms with Crippen molar-refractivity contribution < 1.29 is 32.6 Å². The molecule has 2 heterocycles. The van der Waals surface area contributed by atoms with Crippen LogP contribution in [0.1, 0.15) is 20.7 Å². The Labute approximate surface area is 173 Å². The van der Waals surface area contributed by atoms with Crippen molar-refractivity contribution in [3.05, 3.63) is 53.6 Å². The standard InChI is InChI=1S/C20H20N2O7S/c23-19(14-2-1-3-15(12-14)20(24)25)21-6-8-22(9-7-21)30(26,27)16-4-5-17-18(13-16)29-11-10-28-17/h1-5,12-13H,6-11H2,(H,24,25)/p-1. The van der Waals surface area contributed by atoms with E-state index in [1.54, 1.807) is 6.07 Å². The van der Waals surface area contributed by atoms with Crippen molar-refractivity contribution >= 4 is 21.9 Å². The first kappa shape index (κ1) is 20.2. The van der Waals surface area contributed by atoms with Crippen molar-refractivity contribution in [3.8, 4) is 11.5 Å². The second-order valence-electron chi connectivity index (χ2n) is 6.87. The summed E-state index contributed by atoms with van der Waals surface area (Å²) in [5.74, 6) is -0.812. The number of rotatable bonds is 4. The number of benzene rings is 2. The van der Waals surface area contributed by atoms with E-state index in [0.29, 0.717) is 24.7 Å². The predicted octanol–water partition coefficient (Wildman–Crippen LogP) is -0.0320. The Kier molecular flexibility index (Phi) is 5.35. The zero-order valence-electron chi connectivity index (χ0n) is 15.9. The van der Waals surface area contributed by atoms with E-state index < -0.39 is 16.0 Å². The third-order valence-corrected chi connectivity index (χ3v) is 6.92. The van der Waals surface area contributed by atoms with Crippen LogP contribution in [0.25, 0.3) is 0 Å². The van der Waals surface area contributed by atoms with Gasteiger partial charge in [0.2, 0.25) is 10.0 Å². The van der Waals surface area contributed by atoms with Crippen molar-refractivity contribution in [2.24, 2.45) is 0 Å². The van der Waals surface area contributed by atoms with Gasteiger partial charge in [-0.1, -0.05) is 12.1 Å². The van der Waals surface area contributed by atoms with Crippen molar-refractivity contribution in [2.45, 2.75) is 4.90 Å². The molecule has 0 bridgehead atoms. The molecule has 2 aliphatic rings. The molecule has 158 valence electrons. The van der Waals surface area contributed by atoms with E-state index in [0.717, 1.165) is 0 Å². The van der Waals surface area contributed by atoms with Crippen LogP contribution in [-0.4, -0.2) is 68.9 Å². The van der Waals surface area contributed by atoms with Crippen molar-refractivity contribution in [2.75, 3.05) is 39.4 Å². The Morgan fingerprint density at radius 2 is 1.53 bits per heavy atom. The van der Waals surface area contributed by atoms with Crippen LogP contribution in [0.2, 0.25) is 0 Å². The normalized spacial score (nSPS) is 16.9. The molecule has 0 radical (unpaired) electrons. The van der Waals surface area contributed by atoms with Crippen LogP contribution in [0.4, 0.5) is 0 Å². The number of carbonyl (C=O) groups is 2. The number of hydrogen-bond acceptors (Lipinski definition) is 7. The lowest BCUT2D eigenvalue weighted by molar-refractivity contribution is -0.255. The van der Waals surface area contributed by atoms with Crippen molar-refractivity contribution in [1.29, 1.82) is 0 Å². The fourth-order valence-corrected chi connectivity index (χ4v) is 4.86. The number of sulfonamides is 1. The Morgan fingerprint density at radius 3 is 2.23 bits per heavy atom. The molecule has 9 nitrogen and oxygen atoms in total. The molecule has 2 aromatic rings. The molecule has 0 spiro atoms. The zero-order valence-corrected chi connectivity index (χ0v) is 16.8. The molecule has 10 heteroatoms. The summed E-state index contributed by atoms with van der Waals surface area (Å²) >= 11 is 0. The predicted molar refractivity (Wildman–Crippen MR) is 103 cm³/mol. The number of fused-ring (bicyclic) bond motifs is 1. The average molecular weight is 431 g/mol. The van der Waals surface area contributed by atoms with Gasteiger partial charge in [0.1, 0.15) is 13.2 Å².